The molecule has 0 saturated carbocycles. The molecule has 0 spiro atoms. The maximum Gasteiger partial charge on any atom is 0.309 e. The van der Waals surface area contributed by atoms with E-state index in [1.54, 1.807) is 0 Å². The lowest BCUT2D eigenvalue weighted by Gasteiger charge is -2.30. The molecular formula is C22H24N4O3. The zero-order valence-corrected chi connectivity index (χ0v) is 16.1. The van der Waals surface area contributed by atoms with Crippen molar-refractivity contribution in [1.29, 1.82) is 0 Å². The van der Waals surface area contributed by atoms with E-state index in [9.17, 15) is 9.59 Å². The first-order valence-corrected chi connectivity index (χ1v) is 9.89. The fourth-order valence-corrected chi connectivity index (χ4v) is 3.50. The lowest BCUT2D eigenvalue weighted by atomic mass is 9.97. The second-order valence-corrected chi connectivity index (χ2v) is 7.27. The molecule has 150 valence electrons. The van der Waals surface area contributed by atoms with Gasteiger partial charge in [-0.05, 0) is 36.5 Å². The molecule has 3 aromatic rings. The normalized spacial score (nSPS) is 14.7. The first-order chi connectivity index (χ1) is 14.2. The van der Waals surface area contributed by atoms with Crippen LogP contribution in [0.3, 0.4) is 0 Å². The number of rotatable bonds is 5. The molecule has 7 nitrogen and oxygen atoms in total. The number of carbonyl (C=O) groups excluding carboxylic acids is 2. The van der Waals surface area contributed by atoms with Crippen LogP contribution >= 0.6 is 0 Å². The van der Waals surface area contributed by atoms with Crippen LogP contribution in [0.2, 0.25) is 0 Å². The van der Waals surface area contributed by atoms with Gasteiger partial charge in [0.2, 0.25) is 0 Å². The summed E-state index contributed by atoms with van der Waals surface area (Å²) >= 11 is 0. The minimum Gasteiger partial charge on any atom is -0.423 e. The number of anilines is 1. The molecule has 1 aromatic heterocycles. The number of nitrogens with zero attached hydrogens (tertiary/aromatic N) is 2. The molecule has 7 heteroatoms. The number of benzene rings is 2. The number of carbonyl (C=O) groups is 2. The second kappa shape index (κ2) is 8.77. The van der Waals surface area contributed by atoms with Gasteiger partial charge in [-0.15, -0.1) is 0 Å². The van der Waals surface area contributed by atoms with E-state index in [4.69, 9.17) is 4.42 Å². The summed E-state index contributed by atoms with van der Waals surface area (Å²) in [7, 11) is 0. The maximum absolute atomic E-state index is 12.0. The number of para-hydroxylation sites is 2. The fourth-order valence-electron chi connectivity index (χ4n) is 3.50. The fraction of sp³-hybridized carbons (Fsp3) is 0.318. The van der Waals surface area contributed by atoms with Crippen LogP contribution < -0.4 is 15.5 Å². The van der Waals surface area contributed by atoms with Gasteiger partial charge in [0.05, 0.1) is 0 Å². The molecule has 0 bridgehead atoms. The van der Waals surface area contributed by atoms with Crippen LogP contribution in [0.4, 0.5) is 6.01 Å². The van der Waals surface area contributed by atoms with Crippen LogP contribution in [-0.4, -0.2) is 36.4 Å². The van der Waals surface area contributed by atoms with E-state index in [1.807, 2.05) is 54.6 Å². The van der Waals surface area contributed by atoms with Gasteiger partial charge >= 0.3 is 11.8 Å². The predicted molar refractivity (Wildman–Crippen MR) is 110 cm³/mol. The smallest absolute Gasteiger partial charge is 0.309 e. The van der Waals surface area contributed by atoms with Crippen molar-refractivity contribution in [2.24, 2.45) is 5.92 Å². The van der Waals surface area contributed by atoms with Crippen LogP contribution in [-0.2, 0) is 16.1 Å². The van der Waals surface area contributed by atoms with Gasteiger partial charge in [0.15, 0.2) is 5.58 Å². The SMILES string of the molecule is O=C(NCc1ccccc1)C(=O)NCC1CCN(c2nc3ccccc3o2)CC1. The summed E-state index contributed by atoms with van der Waals surface area (Å²) in [5.74, 6) is -0.846. The van der Waals surface area contributed by atoms with Gasteiger partial charge in [-0.2, -0.15) is 4.98 Å². The van der Waals surface area contributed by atoms with E-state index in [0.29, 0.717) is 25.0 Å². The third kappa shape index (κ3) is 4.74. The van der Waals surface area contributed by atoms with Crippen molar-refractivity contribution in [3.8, 4) is 0 Å². The molecule has 2 heterocycles. The van der Waals surface area contributed by atoms with E-state index in [1.165, 1.54) is 0 Å². The molecule has 1 aliphatic rings. The van der Waals surface area contributed by atoms with Crippen LogP contribution in [0, 0.1) is 5.92 Å². The lowest BCUT2D eigenvalue weighted by molar-refractivity contribution is -0.139. The Hall–Kier alpha value is -3.35. The van der Waals surface area contributed by atoms with Crippen LogP contribution in [0.1, 0.15) is 18.4 Å². The summed E-state index contributed by atoms with van der Waals surface area (Å²) in [5, 5.41) is 5.40. The summed E-state index contributed by atoms with van der Waals surface area (Å²) in [6.45, 7) is 2.47. The van der Waals surface area contributed by atoms with Crippen LogP contribution in [0.25, 0.3) is 11.1 Å². The topological polar surface area (TPSA) is 87.5 Å². The Labute approximate surface area is 169 Å². The number of aromatic nitrogens is 1. The molecule has 1 fully saturated rings. The van der Waals surface area contributed by atoms with E-state index in [-0.39, 0.29) is 0 Å². The molecule has 0 atom stereocenters. The number of hydrogen-bond donors (Lipinski definition) is 2. The van der Waals surface area contributed by atoms with Crippen molar-refractivity contribution >= 4 is 28.9 Å². The van der Waals surface area contributed by atoms with Crippen molar-refractivity contribution in [3.05, 3.63) is 60.2 Å². The zero-order valence-electron chi connectivity index (χ0n) is 16.1. The highest BCUT2D eigenvalue weighted by atomic mass is 16.4. The van der Waals surface area contributed by atoms with Gasteiger partial charge in [0.25, 0.3) is 6.01 Å². The van der Waals surface area contributed by atoms with Gasteiger partial charge in [-0.25, -0.2) is 0 Å². The predicted octanol–water partition coefficient (Wildman–Crippen LogP) is 2.48. The molecule has 0 unspecified atom stereocenters. The Kier molecular flexibility index (Phi) is 5.74. The second-order valence-electron chi connectivity index (χ2n) is 7.27. The molecule has 0 aliphatic carbocycles. The number of amides is 2. The number of nitrogens with one attached hydrogen (secondary N) is 2. The maximum atomic E-state index is 12.0. The average Bonchev–Trinajstić information content (AvgIpc) is 3.21. The summed E-state index contributed by atoms with van der Waals surface area (Å²) in [6.07, 6.45) is 1.81. The molecule has 2 amide bonds. The Balaban J connectivity index is 1.20. The van der Waals surface area contributed by atoms with Crippen LogP contribution in [0.5, 0.6) is 0 Å². The largest absolute Gasteiger partial charge is 0.423 e. The molecule has 29 heavy (non-hydrogen) atoms. The van der Waals surface area contributed by atoms with Crippen molar-refractivity contribution < 1.29 is 14.0 Å². The quantitative estimate of drug-likeness (QED) is 0.652. The summed E-state index contributed by atoms with van der Waals surface area (Å²) < 4.78 is 5.83. The van der Waals surface area contributed by atoms with Gasteiger partial charge in [0, 0.05) is 26.2 Å². The minimum atomic E-state index is -0.599. The highest BCUT2D eigenvalue weighted by Gasteiger charge is 2.24. The Bertz CT molecular complexity index is 945. The van der Waals surface area contributed by atoms with E-state index < -0.39 is 11.8 Å². The van der Waals surface area contributed by atoms with Gasteiger partial charge < -0.3 is 20.0 Å². The molecule has 4 rings (SSSR count). The molecule has 2 N–H and O–H groups in total. The lowest BCUT2D eigenvalue weighted by Crippen LogP contribution is -2.43. The number of hydrogen-bond acceptors (Lipinski definition) is 5. The third-order valence-electron chi connectivity index (χ3n) is 5.22. The summed E-state index contributed by atoms with van der Waals surface area (Å²) in [6, 6.07) is 17.9. The first-order valence-electron chi connectivity index (χ1n) is 9.89. The molecule has 0 radical (unpaired) electrons. The van der Waals surface area contributed by atoms with E-state index >= 15 is 0 Å². The third-order valence-corrected chi connectivity index (χ3v) is 5.22. The first kappa shape index (κ1) is 19.0. The number of piperidine rings is 1. The van der Waals surface area contributed by atoms with Gasteiger partial charge in [-0.3, -0.25) is 9.59 Å². The zero-order chi connectivity index (χ0) is 20.1. The summed E-state index contributed by atoms with van der Waals surface area (Å²) in [5.41, 5.74) is 2.61. The van der Waals surface area contributed by atoms with Crippen molar-refractivity contribution in [1.82, 2.24) is 15.6 Å². The number of fused-ring (bicyclic) bond motifs is 1. The Morgan fingerprint density at radius 2 is 1.66 bits per heavy atom. The highest BCUT2D eigenvalue weighted by molar-refractivity contribution is 6.35. The average molecular weight is 392 g/mol. The Morgan fingerprint density at radius 3 is 2.41 bits per heavy atom. The van der Waals surface area contributed by atoms with Crippen molar-refractivity contribution in [3.63, 3.8) is 0 Å². The highest BCUT2D eigenvalue weighted by Crippen LogP contribution is 2.26. The Morgan fingerprint density at radius 1 is 0.966 bits per heavy atom. The molecule has 1 aliphatic heterocycles. The van der Waals surface area contributed by atoms with E-state index in [0.717, 1.165) is 42.6 Å². The monoisotopic (exact) mass is 392 g/mol. The minimum absolute atomic E-state index is 0.335. The summed E-state index contributed by atoms with van der Waals surface area (Å²) in [4.78, 5) is 30.7. The molecule has 2 aromatic carbocycles. The van der Waals surface area contributed by atoms with Crippen molar-refractivity contribution in [2.45, 2.75) is 19.4 Å². The molecular weight excluding hydrogens is 368 g/mol. The number of oxazole rings is 1. The van der Waals surface area contributed by atoms with Gasteiger partial charge in [-0.1, -0.05) is 42.5 Å². The van der Waals surface area contributed by atoms with Gasteiger partial charge in [0.1, 0.15) is 5.52 Å². The molecule has 1 saturated heterocycles. The van der Waals surface area contributed by atoms with Crippen LogP contribution in [0.15, 0.2) is 59.0 Å². The van der Waals surface area contributed by atoms with Crippen molar-refractivity contribution in [2.75, 3.05) is 24.5 Å². The standard InChI is InChI=1S/C22H24N4O3/c27-20(23-14-16-6-2-1-3-7-16)21(28)24-15-17-10-12-26(13-11-17)22-25-18-8-4-5-9-19(18)29-22/h1-9,17H,10-15H2,(H,23,27)(H,24,28). The van der Waals surface area contributed by atoms with E-state index in [2.05, 4.69) is 20.5 Å².